The van der Waals surface area contributed by atoms with Gasteiger partial charge >= 0.3 is 0 Å². The first kappa shape index (κ1) is 26.1. The fourth-order valence-corrected chi connectivity index (χ4v) is 4.35. The first-order chi connectivity index (χ1) is 17.6. The number of nitrogens with two attached hydrogens (primary N) is 1. The van der Waals surface area contributed by atoms with Crippen LogP contribution in [-0.2, 0) is 16.1 Å². The van der Waals surface area contributed by atoms with Gasteiger partial charge in [-0.1, -0.05) is 43.6 Å². The van der Waals surface area contributed by atoms with Gasteiger partial charge in [0.05, 0.1) is 12.1 Å². The van der Waals surface area contributed by atoms with E-state index in [1.807, 2.05) is 6.07 Å². The minimum Gasteiger partial charge on any atom is -0.369 e. The zero-order valence-electron chi connectivity index (χ0n) is 20.5. The molecule has 4 rings (SSSR count). The lowest BCUT2D eigenvalue weighted by atomic mass is 10.0. The van der Waals surface area contributed by atoms with Gasteiger partial charge < -0.3 is 20.9 Å². The van der Waals surface area contributed by atoms with Crippen molar-refractivity contribution in [2.24, 2.45) is 11.7 Å². The van der Waals surface area contributed by atoms with Crippen LogP contribution in [0.4, 0.5) is 20.2 Å². The van der Waals surface area contributed by atoms with Crippen LogP contribution in [0.1, 0.15) is 26.3 Å². The molecular weight excluding hydrogens is 500 g/mol. The molecule has 3 aromatic carbocycles. The minimum atomic E-state index is -0.984. The standard InChI is InChI=1S/C27H26ClF2N5O2/c1-14(2)23(26(31)37)34-24-20(29)12-21-25(22(24)30)35(13-17-6-4-5-7-19(17)28)27(33-21)16-8-10-18(11-9-16)32-15(3)36/h4-12,14,23,34H,13H2,1-3H3,(H2,31,37)(H,32,36)/t23-/m0/s1. The Bertz CT molecular complexity index is 1480. The SMILES string of the molecule is CC(=O)Nc1ccc(-c2nc3cc(F)c(N[C@H](C(N)=O)C(C)C)c(F)c3n2Cc2ccccc2Cl)cc1. The molecular formula is C27H26ClF2N5O2. The van der Waals surface area contributed by atoms with E-state index in [0.717, 1.165) is 6.07 Å². The van der Waals surface area contributed by atoms with Gasteiger partial charge in [0, 0.05) is 29.3 Å². The number of anilines is 2. The number of halogens is 3. The number of aromatic nitrogens is 2. The van der Waals surface area contributed by atoms with Crippen molar-refractivity contribution in [1.82, 2.24) is 9.55 Å². The van der Waals surface area contributed by atoms with E-state index in [1.54, 1.807) is 60.9 Å². The van der Waals surface area contributed by atoms with E-state index >= 15 is 8.78 Å². The number of rotatable bonds is 8. The molecule has 0 aliphatic rings. The average molecular weight is 526 g/mol. The van der Waals surface area contributed by atoms with E-state index < -0.39 is 29.3 Å². The summed E-state index contributed by atoms with van der Waals surface area (Å²) in [6.07, 6.45) is 0. The van der Waals surface area contributed by atoms with Gasteiger partial charge in [0.25, 0.3) is 0 Å². The number of hydrogen-bond donors (Lipinski definition) is 3. The maximum atomic E-state index is 16.0. The fourth-order valence-electron chi connectivity index (χ4n) is 4.15. The number of carbonyl (C=O) groups is 2. The van der Waals surface area contributed by atoms with Gasteiger partial charge in [0.15, 0.2) is 11.6 Å². The van der Waals surface area contributed by atoms with Gasteiger partial charge in [0.1, 0.15) is 23.1 Å². The summed E-state index contributed by atoms with van der Waals surface area (Å²) in [6, 6.07) is 14.1. The van der Waals surface area contributed by atoms with Crippen LogP contribution >= 0.6 is 11.6 Å². The molecule has 0 unspecified atom stereocenters. The lowest BCUT2D eigenvalue weighted by Crippen LogP contribution is -2.40. The molecule has 0 aliphatic carbocycles. The molecule has 4 aromatic rings. The third-order valence-electron chi connectivity index (χ3n) is 5.95. The Labute approximate surface area is 217 Å². The molecule has 192 valence electrons. The van der Waals surface area contributed by atoms with Gasteiger partial charge in [-0.05, 0) is 41.8 Å². The number of nitrogens with zero attached hydrogens (tertiary/aromatic N) is 2. The lowest BCUT2D eigenvalue weighted by Gasteiger charge is -2.21. The fraction of sp³-hybridized carbons (Fsp3) is 0.222. The number of fused-ring (bicyclic) bond motifs is 1. The predicted molar refractivity (Wildman–Crippen MR) is 141 cm³/mol. The molecule has 1 heterocycles. The van der Waals surface area contributed by atoms with E-state index in [4.69, 9.17) is 17.3 Å². The summed E-state index contributed by atoms with van der Waals surface area (Å²) in [5, 5.41) is 5.82. The number of primary amides is 1. The number of benzene rings is 3. The second kappa shape index (κ2) is 10.6. The highest BCUT2D eigenvalue weighted by molar-refractivity contribution is 6.31. The molecule has 7 nitrogen and oxygen atoms in total. The van der Waals surface area contributed by atoms with Gasteiger partial charge in [-0.15, -0.1) is 0 Å². The predicted octanol–water partition coefficient (Wildman–Crippen LogP) is 5.56. The number of amides is 2. The first-order valence-electron chi connectivity index (χ1n) is 11.6. The maximum absolute atomic E-state index is 16.0. The van der Waals surface area contributed by atoms with Crippen LogP contribution in [0.25, 0.3) is 22.4 Å². The summed E-state index contributed by atoms with van der Waals surface area (Å²) in [5.41, 5.74) is 7.04. The quantitative estimate of drug-likeness (QED) is 0.280. The van der Waals surface area contributed by atoms with Crippen molar-refractivity contribution in [1.29, 1.82) is 0 Å². The molecule has 1 atom stereocenters. The normalized spacial score (nSPS) is 12.1. The highest BCUT2D eigenvalue weighted by Crippen LogP contribution is 2.34. The van der Waals surface area contributed by atoms with Gasteiger partial charge in [-0.3, -0.25) is 9.59 Å². The minimum absolute atomic E-state index is 0.0386. The van der Waals surface area contributed by atoms with Crippen molar-refractivity contribution in [2.75, 3.05) is 10.6 Å². The highest BCUT2D eigenvalue weighted by atomic mass is 35.5. The smallest absolute Gasteiger partial charge is 0.240 e. The van der Waals surface area contributed by atoms with Crippen molar-refractivity contribution in [2.45, 2.75) is 33.4 Å². The molecule has 37 heavy (non-hydrogen) atoms. The van der Waals surface area contributed by atoms with Gasteiger partial charge in [-0.25, -0.2) is 13.8 Å². The number of carbonyl (C=O) groups excluding carboxylic acids is 2. The third kappa shape index (κ3) is 5.41. The summed E-state index contributed by atoms with van der Waals surface area (Å²) < 4.78 is 32.7. The Kier molecular flexibility index (Phi) is 7.45. The van der Waals surface area contributed by atoms with E-state index in [-0.39, 0.29) is 29.4 Å². The first-order valence-corrected chi connectivity index (χ1v) is 12.0. The Morgan fingerprint density at radius 2 is 1.78 bits per heavy atom. The molecule has 0 spiro atoms. The van der Waals surface area contributed by atoms with E-state index in [1.165, 1.54) is 6.92 Å². The lowest BCUT2D eigenvalue weighted by molar-refractivity contribution is -0.119. The van der Waals surface area contributed by atoms with Crippen LogP contribution in [-0.4, -0.2) is 27.4 Å². The zero-order valence-corrected chi connectivity index (χ0v) is 21.2. The number of nitrogens with one attached hydrogen (secondary N) is 2. The van der Waals surface area contributed by atoms with E-state index in [0.29, 0.717) is 27.7 Å². The van der Waals surface area contributed by atoms with Crippen LogP contribution in [0.3, 0.4) is 0 Å². The molecule has 0 saturated heterocycles. The highest BCUT2D eigenvalue weighted by Gasteiger charge is 2.27. The Balaban J connectivity index is 1.92. The Morgan fingerprint density at radius 3 is 2.38 bits per heavy atom. The molecule has 1 aromatic heterocycles. The summed E-state index contributed by atoms with van der Waals surface area (Å²) in [4.78, 5) is 27.8. The van der Waals surface area contributed by atoms with Crippen molar-refractivity contribution in [3.63, 3.8) is 0 Å². The van der Waals surface area contributed by atoms with Crippen LogP contribution < -0.4 is 16.4 Å². The molecule has 0 fully saturated rings. The second-order valence-electron chi connectivity index (χ2n) is 9.06. The monoisotopic (exact) mass is 525 g/mol. The van der Waals surface area contributed by atoms with Crippen LogP contribution in [0.15, 0.2) is 54.6 Å². The van der Waals surface area contributed by atoms with E-state index in [9.17, 15) is 9.59 Å². The van der Waals surface area contributed by atoms with Gasteiger partial charge in [-0.2, -0.15) is 0 Å². The van der Waals surface area contributed by atoms with Crippen LogP contribution in [0.5, 0.6) is 0 Å². The molecule has 0 aliphatic heterocycles. The number of hydrogen-bond acceptors (Lipinski definition) is 4. The second-order valence-corrected chi connectivity index (χ2v) is 9.46. The third-order valence-corrected chi connectivity index (χ3v) is 6.32. The van der Waals surface area contributed by atoms with Gasteiger partial charge in [0.2, 0.25) is 11.8 Å². The molecule has 0 saturated carbocycles. The summed E-state index contributed by atoms with van der Waals surface area (Å²) in [6.45, 7) is 4.99. The van der Waals surface area contributed by atoms with Crippen LogP contribution in [0.2, 0.25) is 5.02 Å². The number of imidazole rings is 1. The van der Waals surface area contributed by atoms with Crippen molar-refractivity contribution >= 4 is 45.8 Å². The Morgan fingerprint density at radius 1 is 1.11 bits per heavy atom. The molecule has 0 radical (unpaired) electrons. The largest absolute Gasteiger partial charge is 0.369 e. The zero-order chi connectivity index (χ0) is 26.9. The topological polar surface area (TPSA) is 102 Å². The average Bonchev–Trinajstić information content (AvgIpc) is 3.18. The molecule has 0 bridgehead atoms. The Hall–Kier alpha value is -3.98. The summed E-state index contributed by atoms with van der Waals surface area (Å²) >= 11 is 6.40. The molecule has 10 heteroatoms. The van der Waals surface area contributed by atoms with Crippen molar-refractivity contribution < 1.29 is 18.4 Å². The van der Waals surface area contributed by atoms with Crippen molar-refractivity contribution in [3.05, 3.63) is 76.8 Å². The van der Waals surface area contributed by atoms with Crippen molar-refractivity contribution in [3.8, 4) is 11.4 Å². The summed E-state index contributed by atoms with van der Waals surface area (Å²) in [5.74, 6) is -2.67. The summed E-state index contributed by atoms with van der Waals surface area (Å²) in [7, 11) is 0. The van der Waals surface area contributed by atoms with Crippen LogP contribution in [0, 0.1) is 17.6 Å². The van der Waals surface area contributed by atoms with E-state index in [2.05, 4.69) is 15.6 Å². The molecule has 4 N–H and O–H groups in total. The maximum Gasteiger partial charge on any atom is 0.240 e. The molecule has 2 amide bonds.